The number of halogens is 1. The molecule has 0 fully saturated rings. The van der Waals surface area contributed by atoms with Crippen LogP contribution in [0.2, 0.25) is 5.02 Å². The van der Waals surface area contributed by atoms with E-state index in [0.717, 1.165) is 16.7 Å². The van der Waals surface area contributed by atoms with Crippen LogP contribution >= 0.6 is 22.9 Å². The first-order valence-corrected chi connectivity index (χ1v) is 15.0. The molecular weight excluding hydrogens is 580 g/mol. The number of nitrogens with zero attached hydrogens (tertiary/aromatic N) is 2. The molecule has 43 heavy (non-hydrogen) atoms. The molecule has 0 N–H and O–H groups in total. The van der Waals surface area contributed by atoms with Crippen LogP contribution in [0, 0.1) is 0 Å². The van der Waals surface area contributed by atoms with E-state index in [1.807, 2.05) is 91.0 Å². The van der Waals surface area contributed by atoms with Gasteiger partial charge in [0.25, 0.3) is 5.56 Å². The molecule has 0 unspecified atom stereocenters. The Labute approximate surface area is 257 Å². The number of rotatable bonds is 8. The quantitative estimate of drug-likeness (QED) is 0.198. The minimum atomic E-state index is -0.734. The number of esters is 1. The average Bonchev–Trinajstić information content (AvgIpc) is 3.35. The molecule has 1 aliphatic heterocycles. The Morgan fingerprint density at radius 3 is 2.33 bits per heavy atom. The maximum absolute atomic E-state index is 14.2. The van der Waals surface area contributed by atoms with Crippen molar-refractivity contribution in [3.8, 4) is 5.75 Å². The third-order valence-corrected chi connectivity index (χ3v) is 8.20. The van der Waals surface area contributed by atoms with Crippen molar-refractivity contribution in [2.24, 2.45) is 4.99 Å². The summed E-state index contributed by atoms with van der Waals surface area (Å²) >= 11 is 7.64. The highest BCUT2D eigenvalue weighted by Crippen LogP contribution is 2.35. The molecule has 6 nitrogen and oxygen atoms in total. The van der Waals surface area contributed by atoms with Gasteiger partial charge in [0.15, 0.2) is 4.80 Å². The molecule has 8 heteroatoms. The second kappa shape index (κ2) is 12.7. The third-order valence-electron chi connectivity index (χ3n) is 6.98. The number of carbonyl (C=O) groups excluding carboxylic acids is 1. The van der Waals surface area contributed by atoms with Crippen LogP contribution in [0.3, 0.4) is 0 Å². The molecule has 5 aromatic rings. The Hall–Kier alpha value is -4.72. The van der Waals surface area contributed by atoms with E-state index < -0.39 is 12.0 Å². The van der Waals surface area contributed by atoms with Crippen LogP contribution in [-0.4, -0.2) is 17.1 Å². The monoisotopic (exact) mass is 606 g/mol. The average molecular weight is 607 g/mol. The maximum Gasteiger partial charge on any atom is 0.338 e. The summed E-state index contributed by atoms with van der Waals surface area (Å²) in [5, 5.41) is 0.518. The molecule has 214 valence electrons. The van der Waals surface area contributed by atoms with Gasteiger partial charge < -0.3 is 9.47 Å². The van der Waals surface area contributed by atoms with Gasteiger partial charge in [0, 0.05) is 16.1 Å². The summed E-state index contributed by atoms with van der Waals surface area (Å²) in [5.41, 5.74) is 3.74. The molecule has 1 aliphatic rings. The first kappa shape index (κ1) is 28.4. The fourth-order valence-corrected chi connectivity index (χ4v) is 6.20. The van der Waals surface area contributed by atoms with Gasteiger partial charge >= 0.3 is 5.97 Å². The highest BCUT2D eigenvalue weighted by Gasteiger charge is 2.35. The molecule has 2 heterocycles. The predicted octanol–water partition coefficient (Wildman–Crippen LogP) is 6.17. The van der Waals surface area contributed by atoms with E-state index >= 15 is 0 Å². The Morgan fingerprint density at radius 1 is 0.953 bits per heavy atom. The van der Waals surface area contributed by atoms with Crippen molar-refractivity contribution in [2.75, 3.05) is 6.61 Å². The number of carbonyl (C=O) groups is 1. The first-order chi connectivity index (χ1) is 21.0. The van der Waals surface area contributed by atoms with E-state index in [9.17, 15) is 9.59 Å². The molecule has 0 saturated carbocycles. The van der Waals surface area contributed by atoms with Gasteiger partial charge in [-0.2, -0.15) is 0 Å². The van der Waals surface area contributed by atoms with Gasteiger partial charge in [-0.25, -0.2) is 9.79 Å². The first-order valence-electron chi connectivity index (χ1n) is 13.8. The minimum absolute atomic E-state index is 0.191. The highest BCUT2D eigenvalue weighted by atomic mass is 35.5. The number of hydrogen-bond donors (Lipinski definition) is 0. The van der Waals surface area contributed by atoms with Gasteiger partial charge in [0.2, 0.25) is 0 Å². The van der Waals surface area contributed by atoms with Crippen LogP contribution in [0.1, 0.15) is 35.2 Å². The van der Waals surface area contributed by atoms with Crippen LogP contribution in [0.5, 0.6) is 5.75 Å². The molecule has 0 aliphatic carbocycles. The lowest BCUT2D eigenvalue weighted by molar-refractivity contribution is -0.138. The maximum atomic E-state index is 14.2. The molecule has 0 radical (unpaired) electrons. The normalized spacial score (nSPS) is 14.7. The van der Waals surface area contributed by atoms with E-state index in [4.69, 9.17) is 26.1 Å². The summed E-state index contributed by atoms with van der Waals surface area (Å²) in [7, 11) is 0. The van der Waals surface area contributed by atoms with Gasteiger partial charge in [-0.05, 0) is 42.3 Å². The zero-order valence-corrected chi connectivity index (χ0v) is 24.8. The topological polar surface area (TPSA) is 69.9 Å². The van der Waals surface area contributed by atoms with Crippen molar-refractivity contribution < 1.29 is 14.3 Å². The van der Waals surface area contributed by atoms with Gasteiger partial charge in [0.05, 0.1) is 28.5 Å². The Morgan fingerprint density at radius 2 is 1.63 bits per heavy atom. The largest absolute Gasteiger partial charge is 0.488 e. The third kappa shape index (κ3) is 5.95. The number of aromatic nitrogens is 1. The van der Waals surface area contributed by atoms with Crippen molar-refractivity contribution in [3.05, 3.63) is 162 Å². The number of benzene rings is 4. The predicted molar refractivity (Wildman–Crippen MR) is 170 cm³/mol. The van der Waals surface area contributed by atoms with E-state index in [1.54, 1.807) is 35.8 Å². The lowest BCUT2D eigenvalue weighted by Gasteiger charge is -2.25. The fraction of sp³-hybridized carbons (Fsp3) is 0.114. The van der Waals surface area contributed by atoms with E-state index in [-0.39, 0.29) is 12.2 Å². The summed E-state index contributed by atoms with van der Waals surface area (Å²) < 4.78 is 13.7. The molecule has 0 amide bonds. The van der Waals surface area contributed by atoms with Crippen LogP contribution in [0.25, 0.3) is 11.8 Å². The zero-order valence-electron chi connectivity index (χ0n) is 23.3. The van der Waals surface area contributed by atoms with Crippen molar-refractivity contribution in [3.63, 3.8) is 0 Å². The lowest BCUT2D eigenvalue weighted by atomic mass is 9.93. The molecule has 1 atom stereocenters. The molecule has 0 bridgehead atoms. The Kier molecular flexibility index (Phi) is 8.36. The molecule has 6 rings (SSSR count). The minimum Gasteiger partial charge on any atom is -0.488 e. The van der Waals surface area contributed by atoms with Gasteiger partial charge in [0.1, 0.15) is 12.4 Å². The second-order valence-electron chi connectivity index (χ2n) is 9.80. The summed E-state index contributed by atoms with van der Waals surface area (Å²) in [4.78, 5) is 33.1. The van der Waals surface area contributed by atoms with Crippen LogP contribution in [-0.2, 0) is 16.1 Å². The standard InChI is InChI=1S/C35H27ClN2O4S/c1-2-41-34(40)30-31(24-14-8-4-9-15-24)37-35-38(32(30)25-16-10-5-11-17-25)33(39)29(43-35)21-26-20-27(36)18-19-28(26)42-22-23-12-6-3-7-13-23/h3-21,32H,2,22H2,1H3/b29-21-/t32-/m0/s1. The zero-order chi connectivity index (χ0) is 29.8. The van der Waals surface area contributed by atoms with Crippen molar-refractivity contribution in [2.45, 2.75) is 19.6 Å². The van der Waals surface area contributed by atoms with E-state index in [1.165, 1.54) is 11.3 Å². The second-order valence-corrected chi connectivity index (χ2v) is 11.2. The summed E-state index contributed by atoms with van der Waals surface area (Å²) in [6, 6.07) is 33.4. The van der Waals surface area contributed by atoms with Crippen molar-refractivity contribution >= 4 is 40.7 Å². The molecule has 1 aromatic heterocycles. The summed E-state index contributed by atoms with van der Waals surface area (Å²) in [6.45, 7) is 2.31. The Bertz CT molecular complexity index is 1980. The fourth-order valence-electron chi connectivity index (χ4n) is 5.03. The SMILES string of the molecule is CCOC(=O)C1=C(c2ccccc2)N=c2s/c(=C\c3cc(Cl)ccc3OCc3ccccc3)c(=O)n2[C@H]1c1ccccc1. The number of thiazole rings is 1. The van der Waals surface area contributed by atoms with Gasteiger partial charge in [-0.3, -0.25) is 9.36 Å². The van der Waals surface area contributed by atoms with Crippen LogP contribution in [0.4, 0.5) is 0 Å². The van der Waals surface area contributed by atoms with Gasteiger partial charge in [-0.1, -0.05) is 114 Å². The summed E-state index contributed by atoms with van der Waals surface area (Å²) in [5.74, 6) is 0.0792. The molecular formula is C35H27ClN2O4S. The Balaban J connectivity index is 1.54. The number of ether oxygens (including phenoxy) is 2. The summed E-state index contributed by atoms with van der Waals surface area (Å²) in [6.07, 6.45) is 1.77. The van der Waals surface area contributed by atoms with Crippen LogP contribution < -0.4 is 19.6 Å². The molecule has 4 aromatic carbocycles. The number of hydrogen-bond acceptors (Lipinski definition) is 6. The van der Waals surface area contributed by atoms with Gasteiger partial charge in [-0.15, -0.1) is 0 Å². The van der Waals surface area contributed by atoms with E-state index in [0.29, 0.717) is 43.5 Å². The highest BCUT2D eigenvalue weighted by molar-refractivity contribution is 7.07. The van der Waals surface area contributed by atoms with E-state index in [2.05, 4.69) is 0 Å². The number of fused-ring (bicyclic) bond motifs is 1. The molecule has 0 saturated heterocycles. The lowest BCUT2D eigenvalue weighted by Crippen LogP contribution is -2.40. The van der Waals surface area contributed by atoms with Crippen LogP contribution in [0.15, 0.2) is 125 Å². The smallest absolute Gasteiger partial charge is 0.338 e. The van der Waals surface area contributed by atoms with Crippen molar-refractivity contribution in [1.29, 1.82) is 0 Å². The molecule has 0 spiro atoms. The van der Waals surface area contributed by atoms with Crippen molar-refractivity contribution in [1.82, 2.24) is 4.57 Å².